The molecule has 2 aromatic carbocycles. The second kappa shape index (κ2) is 10.3. The summed E-state index contributed by atoms with van der Waals surface area (Å²) in [4.78, 5) is 17.7. The van der Waals surface area contributed by atoms with Crippen LogP contribution in [0.4, 0.5) is 0 Å². The van der Waals surface area contributed by atoms with E-state index in [1.165, 1.54) is 11.3 Å². The van der Waals surface area contributed by atoms with Crippen LogP contribution in [0.1, 0.15) is 33.9 Å². The molecule has 2 heterocycles. The second-order valence-corrected chi connectivity index (χ2v) is 8.42. The highest BCUT2D eigenvalue weighted by Gasteiger charge is 2.11. The van der Waals surface area contributed by atoms with E-state index in [9.17, 15) is 4.79 Å². The van der Waals surface area contributed by atoms with Crippen LogP contribution in [0.5, 0.6) is 5.75 Å². The number of aromatic nitrogens is 2. The number of ether oxygens (including phenoxy) is 1. The number of aryl methyl sites for hydroxylation is 3. The van der Waals surface area contributed by atoms with Crippen LogP contribution in [-0.2, 0) is 13.0 Å². The lowest BCUT2D eigenvalue weighted by Crippen LogP contribution is -2.24. The third kappa shape index (κ3) is 5.33. The van der Waals surface area contributed by atoms with Crippen molar-refractivity contribution in [3.05, 3.63) is 82.3 Å². The number of hydrogen-bond acceptors (Lipinski definition) is 4. The van der Waals surface area contributed by atoms with E-state index < -0.39 is 0 Å². The molecule has 160 valence electrons. The number of para-hydroxylation sites is 3. The van der Waals surface area contributed by atoms with Gasteiger partial charge < -0.3 is 14.6 Å². The number of rotatable bonds is 10. The topological polar surface area (TPSA) is 56.1 Å². The van der Waals surface area contributed by atoms with Gasteiger partial charge in [-0.3, -0.25) is 4.79 Å². The van der Waals surface area contributed by atoms with Crippen molar-refractivity contribution in [3.8, 4) is 5.75 Å². The van der Waals surface area contributed by atoms with Crippen molar-refractivity contribution >= 4 is 28.3 Å². The maximum atomic E-state index is 12.1. The smallest absolute Gasteiger partial charge is 0.261 e. The van der Waals surface area contributed by atoms with E-state index in [0.29, 0.717) is 13.2 Å². The van der Waals surface area contributed by atoms with Gasteiger partial charge in [-0.1, -0.05) is 36.4 Å². The molecule has 0 bridgehead atoms. The third-order valence-electron chi connectivity index (χ3n) is 5.22. The predicted octanol–water partition coefficient (Wildman–Crippen LogP) is 5.24. The number of imidazole rings is 1. The number of carbonyl (C=O) groups excluding carboxylic acids is 1. The molecule has 1 amide bonds. The summed E-state index contributed by atoms with van der Waals surface area (Å²) in [7, 11) is 0. The molecule has 0 aliphatic carbocycles. The average Bonchev–Trinajstić information content (AvgIpc) is 3.44. The minimum atomic E-state index is -0.00291. The van der Waals surface area contributed by atoms with Crippen LogP contribution in [-0.4, -0.2) is 28.6 Å². The molecular formula is C25H27N3O2S. The van der Waals surface area contributed by atoms with Crippen LogP contribution < -0.4 is 10.1 Å². The van der Waals surface area contributed by atoms with Crippen LogP contribution in [0, 0.1) is 6.92 Å². The van der Waals surface area contributed by atoms with Gasteiger partial charge in [-0.25, -0.2) is 4.98 Å². The van der Waals surface area contributed by atoms with Crippen LogP contribution in [0.15, 0.2) is 66.0 Å². The molecule has 0 saturated heterocycles. The maximum absolute atomic E-state index is 12.1. The lowest BCUT2D eigenvalue weighted by atomic mass is 10.2. The Labute approximate surface area is 186 Å². The molecule has 0 spiro atoms. The third-order valence-corrected chi connectivity index (χ3v) is 6.09. The summed E-state index contributed by atoms with van der Waals surface area (Å²) in [5.41, 5.74) is 3.32. The Balaban J connectivity index is 1.34. The zero-order valence-corrected chi connectivity index (χ0v) is 18.5. The van der Waals surface area contributed by atoms with Gasteiger partial charge in [0.1, 0.15) is 11.6 Å². The number of amides is 1. The first-order valence-electron chi connectivity index (χ1n) is 10.7. The number of carbonyl (C=O) groups is 1. The molecule has 31 heavy (non-hydrogen) atoms. The van der Waals surface area contributed by atoms with E-state index in [1.54, 1.807) is 0 Å². The van der Waals surface area contributed by atoms with Crippen LogP contribution in [0.3, 0.4) is 0 Å². The number of hydrogen-bond donors (Lipinski definition) is 1. The monoisotopic (exact) mass is 433 g/mol. The van der Waals surface area contributed by atoms with Gasteiger partial charge in [0.2, 0.25) is 0 Å². The molecule has 0 atom stereocenters. The van der Waals surface area contributed by atoms with E-state index in [-0.39, 0.29) is 5.91 Å². The molecule has 0 aliphatic heterocycles. The van der Waals surface area contributed by atoms with Gasteiger partial charge in [0.05, 0.1) is 22.5 Å². The van der Waals surface area contributed by atoms with Gasteiger partial charge >= 0.3 is 0 Å². The fraction of sp³-hybridized carbons (Fsp3) is 0.280. The van der Waals surface area contributed by atoms with Gasteiger partial charge in [-0.2, -0.15) is 0 Å². The summed E-state index contributed by atoms with van der Waals surface area (Å²) in [6.07, 6.45) is 2.56. The van der Waals surface area contributed by atoms with Crippen molar-refractivity contribution in [2.24, 2.45) is 0 Å². The summed E-state index contributed by atoms with van der Waals surface area (Å²) in [5, 5.41) is 4.92. The van der Waals surface area contributed by atoms with Gasteiger partial charge in [0.25, 0.3) is 5.91 Å². The SMILES string of the molecule is Cc1ccccc1OCCCn1c(CCCNC(=O)c2cccs2)nc2ccccc21. The summed E-state index contributed by atoms with van der Waals surface area (Å²) in [6.45, 7) is 4.21. The second-order valence-electron chi connectivity index (χ2n) is 7.47. The van der Waals surface area contributed by atoms with Crippen molar-refractivity contribution in [1.82, 2.24) is 14.9 Å². The highest BCUT2D eigenvalue weighted by atomic mass is 32.1. The van der Waals surface area contributed by atoms with E-state index in [2.05, 4.69) is 41.1 Å². The fourth-order valence-electron chi connectivity index (χ4n) is 3.63. The molecule has 5 nitrogen and oxygen atoms in total. The number of nitrogens with zero attached hydrogens (tertiary/aromatic N) is 2. The molecule has 0 saturated carbocycles. The summed E-state index contributed by atoms with van der Waals surface area (Å²) < 4.78 is 8.26. The summed E-state index contributed by atoms with van der Waals surface area (Å²) in [6, 6.07) is 20.1. The molecule has 2 aromatic heterocycles. The van der Waals surface area contributed by atoms with Gasteiger partial charge in [-0.15, -0.1) is 11.3 Å². The molecule has 4 aromatic rings. The minimum Gasteiger partial charge on any atom is -0.493 e. The zero-order chi connectivity index (χ0) is 21.5. The number of benzene rings is 2. The van der Waals surface area contributed by atoms with Gasteiger partial charge in [-0.05, 0) is 55.0 Å². The zero-order valence-electron chi connectivity index (χ0n) is 17.7. The molecule has 0 aliphatic rings. The Hall–Kier alpha value is -3.12. The van der Waals surface area contributed by atoms with Crippen LogP contribution in [0.2, 0.25) is 0 Å². The van der Waals surface area contributed by atoms with Crippen molar-refractivity contribution < 1.29 is 9.53 Å². The standard InChI is InChI=1S/C25H27N3O2S/c1-19-9-2-5-12-22(19)30-17-8-16-28-21-11-4-3-10-20(21)27-24(28)14-6-15-26-25(29)23-13-7-18-31-23/h2-5,7,9-13,18H,6,8,14-17H2,1H3,(H,26,29). The first-order chi connectivity index (χ1) is 15.2. The molecule has 6 heteroatoms. The van der Waals surface area contributed by atoms with Crippen molar-refractivity contribution in [2.45, 2.75) is 32.7 Å². The summed E-state index contributed by atoms with van der Waals surface area (Å²) >= 11 is 1.46. The van der Waals surface area contributed by atoms with E-state index in [4.69, 9.17) is 9.72 Å². The largest absolute Gasteiger partial charge is 0.493 e. The normalized spacial score (nSPS) is 11.0. The van der Waals surface area contributed by atoms with Crippen molar-refractivity contribution in [3.63, 3.8) is 0 Å². The highest BCUT2D eigenvalue weighted by Crippen LogP contribution is 2.19. The quantitative estimate of drug-likeness (QED) is 0.348. The Kier molecular flexibility index (Phi) is 6.99. The number of thiophene rings is 1. The van der Waals surface area contributed by atoms with Crippen LogP contribution in [0.25, 0.3) is 11.0 Å². The Morgan fingerprint density at radius 3 is 2.74 bits per heavy atom. The molecule has 1 N–H and O–H groups in total. The van der Waals surface area contributed by atoms with E-state index >= 15 is 0 Å². The first-order valence-corrected chi connectivity index (χ1v) is 11.5. The van der Waals surface area contributed by atoms with Crippen LogP contribution >= 0.6 is 11.3 Å². The molecule has 0 radical (unpaired) electrons. The van der Waals surface area contributed by atoms with Gasteiger partial charge in [0.15, 0.2) is 0 Å². The number of fused-ring (bicyclic) bond motifs is 1. The lowest BCUT2D eigenvalue weighted by molar-refractivity contribution is 0.0957. The number of nitrogens with one attached hydrogen (secondary N) is 1. The minimum absolute atomic E-state index is 0.00291. The van der Waals surface area contributed by atoms with Crippen molar-refractivity contribution in [2.75, 3.05) is 13.2 Å². The highest BCUT2D eigenvalue weighted by molar-refractivity contribution is 7.12. The predicted molar refractivity (Wildman–Crippen MR) is 126 cm³/mol. The van der Waals surface area contributed by atoms with E-state index in [0.717, 1.165) is 58.9 Å². The first kappa shape index (κ1) is 21.1. The molecule has 0 unspecified atom stereocenters. The lowest BCUT2D eigenvalue weighted by Gasteiger charge is -2.12. The Bertz CT molecular complexity index is 1130. The molecule has 0 fully saturated rings. The summed E-state index contributed by atoms with van der Waals surface area (Å²) in [5.74, 6) is 2.00. The maximum Gasteiger partial charge on any atom is 0.261 e. The average molecular weight is 434 g/mol. The Morgan fingerprint density at radius 1 is 1.06 bits per heavy atom. The molecular weight excluding hydrogens is 406 g/mol. The van der Waals surface area contributed by atoms with Crippen molar-refractivity contribution in [1.29, 1.82) is 0 Å². The molecule has 4 rings (SSSR count). The fourth-order valence-corrected chi connectivity index (χ4v) is 4.27. The van der Waals surface area contributed by atoms with Gasteiger partial charge in [0, 0.05) is 19.5 Å². The Morgan fingerprint density at radius 2 is 1.90 bits per heavy atom. The van der Waals surface area contributed by atoms with E-state index in [1.807, 2.05) is 41.8 Å².